The number of hydrogen-bond donors (Lipinski definition) is 2. The van der Waals surface area contributed by atoms with E-state index in [-0.39, 0.29) is 42.7 Å². The van der Waals surface area contributed by atoms with E-state index >= 15 is 0 Å². The lowest BCUT2D eigenvalue weighted by Crippen LogP contribution is -2.45. The number of likely N-dealkylation sites (tertiary alicyclic amines) is 1. The highest BCUT2D eigenvalue weighted by molar-refractivity contribution is 5.83. The molecule has 178 valence electrons. The number of nitrogens with one attached hydrogen (secondary N) is 1. The van der Waals surface area contributed by atoms with Crippen molar-refractivity contribution in [1.82, 2.24) is 10.2 Å². The maximum absolute atomic E-state index is 12.9. The number of hydrogen-bond acceptors (Lipinski definition) is 4. The number of ether oxygens (including phenoxy) is 1. The molecule has 2 unspecified atom stereocenters. The third-order valence-electron chi connectivity index (χ3n) is 7.41. The summed E-state index contributed by atoms with van der Waals surface area (Å²) in [5.41, 5.74) is 4.71. The van der Waals surface area contributed by atoms with Crippen LogP contribution in [0.2, 0.25) is 0 Å². The van der Waals surface area contributed by atoms with Crippen LogP contribution in [0.1, 0.15) is 49.1 Å². The van der Waals surface area contributed by atoms with Crippen LogP contribution in [0.4, 0.5) is 4.79 Å². The van der Waals surface area contributed by atoms with Gasteiger partial charge in [0.2, 0.25) is 5.91 Å². The fourth-order valence-electron chi connectivity index (χ4n) is 5.56. The summed E-state index contributed by atoms with van der Waals surface area (Å²) in [5.74, 6) is -0.874. The van der Waals surface area contributed by atoms with Crippen LogP contribution in [-0.4, -0.2) is 53.7 Å². The number of carbonyl (C=O) groups is 3. The predicted octanol–water partition coefficient (Wildman–Crippen LogP) is 4.02. The topological polar surface area (TPSA) is 95.9 Å². The van der Waals surface area contributed by atoms with Gasteiger partial charge in [-0.1, -0.05) is 48.5 Å². The van der Waals surface area contributed by atoms with Crippen molar-refractivity contribution in [2.45, 2.75) is 44.1 Å². The average molecular weight is 463 g/mol. The second-order valence-electron chi connectivity index (χ2n) is 9.59. The zero-order valence-corrected chi connectivity index (χ0v) is 19.1. The first-order valence-corrected chi connectivity index (χ1v) is 12.1. The van der Waals surface area contributed by atoms with E-state index in [0.29, 0.717) is 13.1 Å². The molecule has 1 saturated heterocycles. The van der Waals surface area contributed by atoms with E-state index in [4.69, 9.17) is 9.84 Å². The number of alkyl carbamates (subject to hydrolysis) is 1. The fourth-order valence-corrected chi connectivity index (χ4v) is 5.56. The molecule has 1 aliphatic heterocycles. The molecular weight excluding hydrogens is 432 g/mol. The summed E-state index contributed by atoms with van der Waals surface area (Å²) < 4.78 is 5.58. The molecule has 2 aliphatic carbocycles. The van der Waals surface area contributed by atoms with Gasteiger partial charge in [-0.3, -0.25) is 9.59 Å². The second-order valence-corrected chi connectivity index (χ2v) is 9.59. The van der Waals surface area contributed by atoms with Gasteiger partial charge in [0.05, 0.1) is 6.42 Å². The Bertz CT molecular complexity index is 1050. The number of carbonyl (C=O) groups excluding carboxylic acids is 2. The van der Waals surface area contributed by atoms with Crippen LogP contribution >= 0.6 is 0 Å². The summed E-state index contributed by atoms with van der Waals surface area (Å²) in [6.07, 6.45) is 2.87. The van der Waals surface area contributed by atoms with Crippen molar-refractivity contribution in [3.63, 3.8) is 0 Å². The molecule has 2 fully saturated rings. The molecule has 7 nitrogen and oxygen atoms in total. The molecule has 3 aliphatic rings. The van der Waals surface area contributed by atoms with E-state index < -0.39 is 12.1 Å². The van der Waals surface area contributed by atoms with Crippen molar-refractivity contribution < 1.29 is 24.2 Å². The Hall–Kier alpha value is -3.35. The third kappa shape index (κ3) is 4.52. The highest BCUT2D eigenvalue weighted by Gasteiger charge is 2.46. The van der Waals surface area contributed by atoms with Gasteiger partial charge in [-0.05, 0) is 53.9 Å². The molecule has 1 heterocycles. The van der Waals surface area contributed by atoms with E-state index in [0.717, 1.165) is 25.7 Å². The van der Waals surface area contributed by atoms with Crippen LogP contribution in [0.3, 0.4) is 0 Å². The summed E-state index contributed by atoms with van der Waals surface area (Å²) in [6, 6.07) is 16.2. The number of carboxylic acids is 1. The summed E-state index contributed by atoms with van der Waals surface area (Å²) in [5, 5.41) is 12.0. The first kappa shape index (κ1) is 22.4. The highest BCUT2D eigenvalue weighted by Crippen LogP contribution is 2.44. The van der Waals surface area contributed by atoms with Gasteiger partial charge in [0.25, 0.3) is 0 Å². The minimum absolute atomic E-state index is 0.00112. The van der Waals surface area contributed by atoms with Crippen molar-refractivity contribution in [3.05, 3.63) is 59.7 Å². The van der Waals surface area contributed by atoms with Gasteiger partial charge < -0.3 is 20.1 Å². The molecule has 0 aromatic heterocycles. The Labute approximate surface area is 199 Å². The standard InChI is InChI=1S/C27H30N2O5/c30-25(31)14-18-7-5-6-12-29(18)26(32)23-13-17(23)15-28-27(33)34-16-24-21-10-3-1-8-19(21)20-9-2-4-11-22(20)24/h1-4,8-11,17-18,23-24H,5-7,12-16H2,(H,28,33)(H,30,31)/t17?,18-,23?/m0/s1. The number of fused-ring (bicyclic) bond motifs is 3. The number of aliphatic carboxylic acids is 1. The van der Waals surface area contributed by atoms with Gasteiger partial charge in [-0.2, -0.15) is 0 Å². The number of rotatable bonds is 7. The molecular formula is C27H30N2O5. The maximum Gasteiger partial charge on any atom is 0.407 e. The number of carboxylic acid groups (broad SMARTS) is 1. The first-order valence-electron chi connectivity index (χ1n) is 12.1. The predicted molar refractivity (Wildman–Crippen MR) is 126 cm³/mol. The lowest BCUT2D eigenvalue weighted by Gasteiger charge is -2.35. The molecule has 7 heteroatoms. The van der Waals surface area contributed by atoms with Gasteiger partial charge in [-0.25, -0.2) is 4.79 Å². The van der Waals surface area contributed by atoms with E-state index in [9.17, 15) is 14.4 Å². The molecule has 5 rings (SSSR count). The molecule has 0 radical (unpaired) electrons. The van der Waals surface area contributed by atoms with Crippen molar-refractivity contribution in [2.24, 2.45) is 11.8 Å². The zero-order chi connectivity index (χ0) is 23.7. The zero-order valence-electron chi connectivity index (χ0n) is 19.1. The van der Waals surface area contributed by atoms with Gasteiger partial charge >= 0.3 is 12.1 Å². The smallest absolute Gasteiger partial charge is 0.407 e. The van der Waals surface area contributed by atoms with Crippen LogP contribution in [0, 0.1) is 11.8 Å². The van der Waals surface area contributed by atoms with E-state index in [1.807, 2.05) is 24.3 Å². The largest absolute Gasteiger partial charge is 0.481 e. The van der Waals surface area contributed by atoms with E-state index in [2.05, 4.69) is 29.6 Å². The van der Waals surface area contributed by atoms with E-state index in [1.54, 1.807) is 4.90 Å². The molecule has 3 atom stereocenters. The Balaban J connectivity index is 1.11. The third-order valence-corrected chi connectivity index (χ3v) is 7.41. The summed E-state index contributed by atoms with van der Waals surface area (Å²) in [4.78, 5) is 38.3. The quantitative estimate of drug-likeness (QED) is 0.648. The SMILES string of the molecule is O=C(O)C[C@@H]1CCCCN1C(=O)C1CC1CNC(=O)OCC1c2ccccc2-c2ccccc21. The average Bonchev–Trinajstić information content (AvgIpc) is 3.56. The van der Waals surface area contributed by atoms with Crippen molar-refractivity contribution in [1.29, 1.82) is 0 Å². The van der Waals surface area contributed by atoms with Gasteiger partial charge in [-0.15, -0.1) is 0 Å². The van der Waals surface area contributed by atoms with Gasteiger partial charge in [0.15, 0.2) is 0 Å². The number of amides is 2. The number of nitrogens with zero attached hydrogens (tertiary/aromatic N) is 1. The fraction of sp³-hybridized carbons (Fsp3) is 0.444. The summed E-state index contributed by atoms with van der Waals surface area (Å²) >= 11 is 0. The second kappa shape index (κ2) is 9.49. The van der Waals surface area contributed by atoms with Gasteiger partial charge in [0.1, 0.15) is 6.61 Å². The molecule has 0 spiro atoms. The Kier molecular flexibility index (Phi) is 6.26. The minimum atomic E-state index is -0.867. The number of piperidine rings is 1. The normalized spacial score (nSPS) is 23.1. The summed E-state index contributed by atoms with van der Waals surface area (Å²) in [6.45, 7) is 1.28. The Morgan fingerprint density at radius 1 is 1.00 bits per heavy atom. The molecule has 2 N–H and O–H groups in total. The van der Waals surface area contributed by atoms with Crippen molar-refractivity contribution in [3.8, 4) is 11.1 Å². The lowest BCUT2D eigenvalue weighted by atomic mass is 9.98. The molecule has 1 saturated carbocycles. The van der Waals surface area contributed by atoms with Crippen LogP contribution < -0.4 is 5.32 Å². The van der Waals surface area contributed by atoms with Crippen LogP contribution in [0.25, 0.3) is 11.1 Å². The lowest BCUT2D eigenvalue weighted by molar-refractivity contribution is -0.142. The molecule has 2 aromatic rings. The minimum Gasteiger partial charge on any atom is -0.481 e. The maximum atomic E-state index is 12.9. The van der Waals surface area contributed by atoms with Crippen molar-refractivity contribution in [2.75, 3.05) is 19.7 Å². The van der Waals surface area contributed by atoms with Crippen LogP contribution in [-0.2, 0) is 14.3 Å². The monoisotopic (exact) mass is 462 g/mol. The molecule has 0 bridgehead atoms. The Morgan fingerprint density at radius 3 is 2.35 bits per heavy atom. The molecule has 2 amide bonds. The summed E-state index contributed by atoms with van der Waals surface area (Å²) in [7, 11) is 0. The Morgan fingerprint density at radius 2 is 1.68 bits per heavy atom. The first-order chi connectivity index (χ1) is 16.5. The van der Waals surface area contributed by atoms with Crippen molar-refractivity contribution >= 4 is 18.0 Å². The van der Waals surface area contributed by atoms with Gasteiger partial charge in [0, 0.05) is 31.0 Å². The highest BCUT2D eigenvalue weighted by atomic mass is 16.5. The van der Waals surface area contributed by atoms with E-state index in [1.165, 1.54) is 22.3 Å². The number of benzene rings is 2. The molecule has 34 heavy (non-hydrogen) atoms. The van der Waals surface area contributed by atoms with Crippen LogP contribution in [0.5, 0.6) is 0 Å². The molecule has 2 aromatic carbocycles. The van der Waals surface area contributed by atoms with Crippen LogP contribution in [0.15, 0.2) is 48.5 Å².